The number of nitrogens with zero attached hydrogens (tertiary/aromatic N) is 4. The summed E-state index contributed by atoms with van der Waals surface area (Å²) in [4.78, 5) is 16.0. The Labute approximate surface area is 248 Å². The molecular formula is C33H36F2N4O4. The maximum Gasteiger partial charge on any atom is 0.320 e. The first-order chi connectivity index (χ1) is 20.7. The van der Waals surface area contributed by atoms with Crippen LogP contribution in [0.2, 0.25) is 0 Å². The zero-order chi connectivity index (χ0) is 29.9. The first kappa shape index (κ1) is 28.2. The summed E-state index contributed by atoms with van der Waals surface area (Å²) in [7, 11) is 0. The van der Waals surface area contributed by atoms with E-state index in [2.05, 4.69) is 26.8 Å². The van der Waals surface area contributed by atoms with Crippen LogP contribution in [0.5, 0.6) is 17.6 Å². The molecule has 0 spiro atoms. The number of aliphatic hydroxyl groups is 1. The van der Waals surface area contributed by atoms with E-state index in [4.69, 9.17) is 9.47 Å². The van der Waals surface area contributed by atoms with E-state index >= 15 is 4.39 Å². The molecule has 3 fully saturated rings. The molecule has 2 aliphatic heterocycles. The van der Waals surface area contributed by atoms with Gasteiger partial charge in [0, 0.05) is 24.7 Å². The van der Waals surface area contributed by atoms with Crippen LogP contribution in [0.3, 0.4) is 0 Å². The van der Waals surface area contributed by atoms with Gasteiger partial charge in [0.1, 0.15) is 35.5 Å². The van der Waals surface area contributed by atoms with Gasteiger partial charge in [-0.1, -0.05) is 19.9 Å². The number of aromatic hydroxyl groups is 1. The number of ether oxygens (including phenoxy) is 2. The highest BCUT2D eigenvalue weighted by Crippen LogP contribution is 2.43. The molecule has 2 aromatic heterocycles. The molecule has 7 rings (SSSR count). The van der Waals surface area contributed by atoms with Gasteiger partial charge in [0.2, 0.25) is 5.88 Å². The zero-order valence-electron chi connectivity index (χ0n) is 24.4. The number of phenols is 1. The van der Waals surface area contributed by atoms with Gasteiger partial charge in [-0.2, -0.15) is 9.97 Å². The van der Waals surface area contributed by atoms with Gasteiger partial charge >= 0.3 is 6.01 Å². The van der Waals surface area contributed by atoms with E-state index in [-0.39, 0.29) is 51.4 Å². The number of rotatable bonds is 7. The molecule has 226 valence electrons. The molecule has 10 heteroatoms. The van der Waals surface area contributed by atoms with Crippen molar-refractivity contribution in [2.24, 2.45) is 5.92 Å². The van der Waals surface area contributed by atoms with Gasteiger partial charge in [0.25, 0.3) is 0 Å². The summed E-state index contributed by atoms with van der Waals surface area (Å²) in [5.41, 5.74) is 0.502. The van der Waals surface area contributed by atoms with Crippen LogP contribution in [0, 0.1) is 17.6 Å². The van der Waals surface area contributed by atoms with Gasteiger partial charge in [0.05, 0.1) is 17.0 Å². The molecule has 1 saturated carbocycles. The molecule has 0 amide bonds. The second kappa shape index (κ2) is 10.8. The van der Waals surface area contributed by atoms with E-state index in [1.807, 2.05) is 6.92 Å². The van der Waals surface area contributed by atoms with Crippen LogP contribution in [-0.4, -0.2) is 67.5 Å². The van der Waals surface area contributed by atoms with Crippen molar-refractivity contribution >= 4 is 21.7 Å². The number of hydrogen-bond donors (Lipinski definition) is 2. The Bertz CT molecular complexity index is 1720. The number of hydrogen-bond acceptors (Lipinski definition) is 8. The van der Waals surface area contributed by atoms with Crippen LogP contribution in [0.15, 0.2) is 30.5 Å². The predicted octanol–water partition coefficient (Wildman–Crippen LogP) is 5.94. The molecule has 2 saturated heterocycles. The number of phenolic OH excluding ortho intramolecular Hbond substituents is 1. The summed E-state index contributed by atoms with van der Waals surface area (Å²) < 4.78 is 43.9. The Morgan fingerprint density at radius 3 is 2.81 bits per heavy atom. The van der Waals surface area contributed by atoms with Crippen molar-refractivity contribution in [3.8, 4) is 28.9 Å². The van der Waals surface area contributed by atoms with Crippen molar-refractivity contribution in [1.29, 1.82) is 0 Å². The minimum Gasteiger partial charge on any atom is -0.508 e. The normalized spacial score (nSPS) is 25.6. The molecular weight excluding hydrogens is 554 g/mol. The number of halogens is 2. The molecule has 3 aliphatic rings. The topological polar surface area (TPSA) is 101 Å². The Morgan fingerprint density at radius 1 is 1.16 bits per heavy atom. The second-order valence-corrected chi connectivity index (χ2v) is 12.5. The van der Waals surface area contributed by atoms with Crippen LogP contribution in [0.4, 0.5) is 8.78 Å². The quantitative estimate of drug-likeness (QED) is 0.273. The van der Waals surface area contributed by atoms with Gasteiger partial charge in [-0.15, -0.1) is 0 Å². The van der Waals surface area contributed by atoms with Crippen molar-refractivity contribution in [2.75, 3.05) is 19.7 Å². The molecule has 1 aliphatic carbocycles. The van der Waals surface area contributed by atoms with Crippen molar-refractivity contribution in [2.45, 2.75) is 76.5 Å². The lowest BCUT2D eigenvalue weighted by atomic mass is 9.92. The van der Waals surface area contributed by atoms with E-state index in [9.17, 15) is 14.6 Å². The van der Waals surface area contributed by atoms with E-state index in [0.29, 0.717) is 54.5 Å². The van der Waals surface area contributed by atoms with Gasteiger partial charge in [-0.05, 0) is 85.5 Å². The van der Waals surface area contributed by atoms with Crippen molar-refractivity contribution < 1.29 is 28.5 Å². The van der Waals surface area contributed by atoms with E-state index in [1.165, 1.54) is 24.4 Å². The third kappa shape index (κ3) is 4.94. The summed E-state index contributed by atoms with van der Waals surface area (Å²) in [6.07, 6.45) is 5.95. The maximum absolute atomic E-state index is 16.6. The lowest BCUT2D eigenvalue weighted by Gasteiger charge is -2.31. The highest BCUT2D eigenvalue weighted by atomic mass is 19.1. The highest BCUT2D eigenvalue weighted by molar-refractivity contribution is 6.01. The fraction of sp³-hybridized carbons (Fsp3) is 0.485. The molecule has 0 radical (unpaired) electrons. The molecule has 4 heterocycles. The number of aromatic nitrogens is 3. The number of pyridine rings is 1. The van der Waals surface area contributed by atoms with Crippen LogP contribution in [0.25, 0.3) is 32.9 Å². The molecule has 4 aromatic rings. The SMILES string of the molecule is CCc1c(F)ccc2cc(O)cc(-c3ncc4c(OC5CCC(O)C5)nc(OC[C@@]56CCCN5C[C@H](C)C6)nc4c3F)c12. The van der Waals surface area contributed by atoms with Crippen LogP contribution in [0.1, 0.15) is 57.9 Å². The zero-order valence-corrected chi connectivity index (χ0v) is 24.4. The van der Waals surface area contributed by atoms with Crippen LogP contribution in [-0.2, 0) is 6.42 Å². The van der Waals surface area contributed by atoms with Gasteiger partial charge in [0.15, 0.2) is 5.82 Å². The van der Waals surface area contributed by atoms with E-state index in [1.54, 1.807) is 6.07 Å². The number of benzene rings is 2. The maximum atomic E-state index is 16.6. The summed E-state index contributed by atoms with van der Waals surface area (Å²) in [5, 5.41) is 21.9. The van der Waals surface area contributed by atoms with E-state index in [0.717, 1.165) is 32.4 Å². The smallest absolute Gasteiger partial charge is 0.320 e. The number of aliphatic hydroxyl groups excluding tert-OH is 1. The lowest BCUT2D eigenvalue weighted by molar-refractivity contribution is 0.106. The van der Waals surface area contributed by atoms with Crippen molar-refractivity contribution in [3.05, 3.63) is 47.7 Å². The molecule has 8 nitrogen and oxygen atoms in total. The largest absolute Gasteiger partial charge is 0.508 e. The van der Waals surface area contributed by atoms with Gasteiger partial charge in [-0.3, -0.25) is 9.88 Å². The Balaban J connectivity index is 1.35. The second-order valence-electron chi connectivity index (χ2n) is 12.5. The molecule has 2 unspecified atom stereocenters. The van der Waals surface area contributed by atoms with Gasteiger partial charge in [-0.25, -0.2) is 8.78 Å². The Hall–Kier alpha value is -3.63. The number of fused-ring (bicyclic) bond motifs is 3. The fourth-order valence-electron chi connectivity index (χ4n) is 7.59. The molecule has 4 atom stereocenters. The summed E-state index contributed by atoms with van der Waals surface area (Å²) in [5.74, 6) is -0.514. The minimum atomic E-state index is -0.741. The summed E-state index contributed by atoms with van der Waals surface area (Å²) in [6, 6.07) is 5.87. The average Bonchev–Trinajstić information content (AvgIpc) is 3.65. The summed E-state index contributed by atoms with van der Waals surface area (Å²) >= 11 is 0. The molecule has 0 bridgehead atoms. The Kier molecular flexibility index (Phi) is 7.09. The first-order valence-electron chi connectivity index (χ1n) is 15.3. The third-order valence-corrected chi connectivity index (χ3v) is 9.50. The number of aryl methyl sites for hydroxylation is 1. The summed E-state index contributed by atoms with van der Waals surface area (Å²) in [6.45, 7) is 6.53. The molecule has 2 aromatic carbocycles. The Morgan fingerprint density at radius 2 is 2.02 bits per heavy atom. The molecule has 2 N–H and O–H groups in total. The fourth-order valence-corrected chi connectivity index (χ4v) is 7.59. The van der Waals surface area contributed by atoms with Crippen molar-refractivity contribution in [1.82, 2.24) is 19.9 Å². The van der Waals surface area contributed by atoms with Crippen molar-refractivity contribution in [3.63, 3.8) is 0 Å². The van der Waals surface area contributed by atoms with Crippen LogP contribution >= 0.6 is 0 Å². The monoisotopic (exact) mass is 590 g/mol. The minimum absolute atomic E-state index is 0.0129. The average molecular weight is 591 g/mol. The first-order valence-corrected chi connectivity index (χ1v) is 15.3. The predicted molar refractivity (Wildman–Crippen MR) is 158 cm³/mol. The molecule has 43 heavy (non-hydrogen) atoms. The van der Waals surface area contributed by atoms with E-state index < -0.39 is 17.7 Å². The van der Waals surface area contributed by atoms with Crippen LogP contribution < -0.4 is 9.47 Å². The third-order valence-electron chi connectivity index (χ3n) is 9.50. The highest BCUT2D eigenvalue weighted by Gasteiger charge is 2.47. The standard InChI is InChI=1S/C33H36F2N4O4/c1-3-23-26(34)8-5-19-11-21(41)13-24(27(19)23)29-28(35)30-25(15-36-29)31(43-22-7-6-20(40)12-22)38-32(37-30)42-17-33-9-4-10-39(33)16-18(2)14-33/h5,8,11,13,15,18,20,22,40-41H,3-4,6-7,9-10,12,14,16-17H2,1-2H3/t18-,20?,22?,33+/m1/s1. The lowest BCUT2D eigenvalue weighted by Crippen LogP contribution is -2.43. The van der Waals surface area contributed by atoms with Gasteiger partial charge < -0.3 is 19.7 Å².